The Balaban J connectivity index is 1.03. The molecule has 0 aromatic carbocycles. The SMILES string of the molecule is COC(=O)N[C@H](C(=O)N1CCCC1c1ncc(-c2cc3sc(-c4ncc(-c5cnc([C@@H]6CCCN6C(=O)[C@@H](NC(=O)OC)C(C)C)[nH]5)s4)cc3s2)[nH]1)C(C)C. The number of amides is 4. The van der Waals surface area contributed by atoms with Gasteiger partial charge in [0.2, 0.25) is 11.8 Å². The van der Waals surface area contributed by atoms with E-state index in [-0.39, 0.29) is 35.7 Å². The number of ether oxygens (including phenoxy) is 2. The van der Waals surface area contributed by atoms with Gasteiger partial charge < -0.3 is 39.9 Å². The van der Waals surface area contributed by atoms with Crippen LogP contribution in [-0.2, 0) is 19.1 Å². The van der Waals surface area contributed by atoms with Crippen molar-refractivity contribution in [2.75, 3.05) is 27.3 Å². The van der Waals surface area contributed by atoms with E-state index < -0.39 is 24.3 Å². The van der Waals surface area contributed by atoms with Gasteiger partial charge in [-0.05, 0) is 49.7 Å². The summed E-state index contributed by atoms with van der Waals surface area (Å²) in [6.07, 6.45) is 7.47. The predicted molar refractivity (Wildman–Crippen MR) is 212 cm³/mol. The lowest BCUT2D eigenvalue weighted by molar-refractivity contribution is -0.136. The second-order valence-corrected chi connectivity index (χ2v) is 17.6. The largest absolute Gasteiger partial charge is 0.453 e. The summed E-state index contributed by atoms with van der Waals surface area (Å²) < 4.78 is 11.8. The van der Waals surface area contributed by atoms with Crippen LogP contribution < -0.4 is 10.6 Å². The van der Waals surface area contributed by atoms with E-state index in [2.05, 4.69) is 37.7 Å². The minimum atomic E-state index is -0.693. The van der Waals surface area contributed by atoms with Crippen LogP contribution in [0.15, 0.2) is 30.7 Å². The third-order valence-corrected chi connectivity index (χ3v) is 13.7. The van der Waals surface area contributed by atoms with Gasteiger partial charge in [-0.1, -0.05) is 27.7 Å². The molecule has 0 saturated carbocycles. The number of hydrogen-bond donors (Lipinski definition) is 4. The number of likely N-dealkylation sites (tertiary alicyclic amines) is 2. The van der Waals surface area contributed by atoms with Crippen LogP contribution in [0.3, 0.4) is 0 Å². The maximum absolute atomic E-state index is 13.6. The molecule has 18 heteroatoms. The number of nitrogens with zero attached hydrogens (tertiary/aromatic N) is 5. The zero-order valence-corrected chi connectivity index (χ0v) is 34.0. The molecule has 1 unspecified atom stereocenters. The molecule has 5 aromatic heterocycles. The highest BCUT2D eigenvalue weighted by Crippen LogP contribution is 2.44. The fourth-order valence-electron chi connectivity index (χ4n) is 7.23. The topological polar surface area (TPSA) is 188 Å². The number of rotatable bonds is 11. The normalized spacial score (nSPS) is 18.3. The Kier molecular flexibility index (Phi) is 11.3. The molecule has 15 nitrogen and oxygen atoms in total. The van der Waals surface area contributed by atoms with Crippen LogP contribution in [-0.4, -0.2) is 98.1 Å². The number of aromatic amines is 2. The first kappa shape index (κ1) is 38.5. The number of imidazole rings is 2. The van der Waals surface area contributed by atoms with Crippen molar-refractivity contribution in [1.82, 2.24) is 45.4 Å². The van der Waals surface area contributed by atoms with Crippen molar-refractivity contribution in [2.45, 2.75) is 77.5 Å². The van der Waals surface area contributed by atoms with Crippen LogP contribution in [0.1, 0.15) is 77.1 Å². The first-order valence-electron chi connectivity index (χ1n) is 18.4. The van der Waals surface area contributed by atoms with Gasteiger partial charge in [-0.15, -0.1) is 34.0 Å². The number of hydrogen-bond acceptors (Lipinski definition) is 12. The van der Waals surface area contributed by atoms with E-state index >= 15 is 0 Å². The number of thiophene rings is 2. The lowest BCUT2D eigenvalue weighted by atomic mass is 10.0. The Morgan fingerprint density at radius 3 is 1.65 bits per heavy atom. The highest BCUT2D eigenvalue weighted by atomic mass is 32.1. The molecule has 0 aliphatic carbocycles. The molecule has 2 aliphatic heterocycles. The van der Waals surface area contributed by atoms with E-state index in [1.807, 2.05) is 45.0 Å². The molecular formula is C37H45N9O6S3. The van der Waals surface area contributed by atoms with Crippen LogP contribution in [0.2, 0.25) is 0 Å². The third-order valence-electron chi connectivity index (χ3n) is 10.1. The predicted octanol–water partition coefficient (Wildman–Crippen LogP) is 6.95. The molecule has 2 aliphatic rings. The smallest absolute Gasteiger partial charge is 0.407 e. The zero-order valence-electron chi connectivity index (χ0n) is 31.5. The highest BCUT2D eigenvalue weighted by molar-refractivity contribution is 7.32. The first-order valence-corrected chi connectivity index (χ1v) is 20.8. The second-order valence-electron chi connectivity index (χ2n) is 14.4. The molecule has 55 heavy (non-hydrogen) atoms. The van der Waals surface area contributed by atoms with Gasteiger partial charge in [0, 0.05) is 28.7 Å². The Bertz CT molecular complexity index is 2150. The van der Waals surface area contributed by atoms with Gasteiger partial charge in [0.15, 0.2) is 0 Å². The molecule has 5 aromatic rings. The summed E-state index contributed by atoms with van der Waals surface area (Å²) >= 11 is 4.93. The van der Waals surface area contributed by atoms with Crippen molar-refractivity contribution in [3.8, 4) is 31.0 Å². The van der Waals surface area contributed by atoms with Crippen molar-refractivity contribution in [1.29, 1.82) is 0 Å². The van der Waals surface area contributed by atoms with Crippen LogP contribution in [0.25, 0.3) is 40.4 Å². The molecule has 0 radical (unpaired) electrons. The number of H-pyrrole nitrogens is 2. The second kappa shape index (κ2) is 16.1. The highest BCUT2D eigenvalue weighted by Gasteiger charge is 2.39. The summed E-state index contributed by atoms with van der Waals surface area (Å²) in [7, 11) is 2.58. The molecule has 2 fully saturated rings. The number of nitrogens with one attached hydrogen (secondary N) is 4. The standard InChI is InChI=1S/C37H45N9O6S3/c1-18(2)29(43-36(49)51-5)34(47)45-11-7-9-22(45)31-38-15-20(41-31)24-13-25-26(53-24)14-27(54-25)33-40-17-28(55-33)21-16-39-32(42-21)23-10-8-12-46(23)35(48)30(19(3)4)44-37(50)52-6/h13-19,22-23,29-30H,7-12H2,1-6H3,(H,38,41)(H,39,42)(H,43,49)(H,44,50)/t22?,23-,29-,30-/m0/s1. The third kappa shape index (κ3) is 7.84. The summed E-state index contributed by atoms with van der Waals surface area (Å²) in [6, 6.07) is 2.53. The van der Waals surface area contributed by atoms with Gasteiger partial charge in [0.25, 0.3) is 0 Å². The van der Waals surface area contributed by atoms with Gasteiger partial charge in [0.1, 0.15) is 28.7 Å². The lowest BCUT2D eigenvalue weighted by Crippen LogP contribution is -2.51. The van der Waals surface area contributed by atoms with E-state index in [4.69, 9.17) is 19.4 Å². The first-order chi connectivity index (χ1) is 26.4. The molecular weight excluding hydrogens is 763 g/mol. The van der Waals surface area contributed by atoms with Crippen molar-refractivity contribution in [3.05, 3.63) is 42.4 Å². The van der Waals surface area contributed by atoms with Crippen LogP contribution in [0.5, 0.6) is 0 Å². The van der Waals surface area contributed by atoms with E-state index in [1.165, 1.54) is 14.2 Å². The van der Waals surface area contributed by atoms with Gasteiger partial charge in [-0.2, -0.15) is 0 Å². The van der Waals surface area contributed by atoms with Crippen molar-refractivity contribution in [2.24, 2.45) is 11.8 Å². The summed E-state index contributed by atoms with van der Waals surface area (Å²) in [5, 5.41) is 6.30. The zero-order chi connectivity index (χ0) is 39.0. The Morgan fingerprint density at radius 1 is 0.691 bits per heavy atom. The van der Waals surface area contributed by atoms with Gasteiger partial charge in [0.05, 0.1) is 64.7 Å². The Morgan fingerprint density at radius 2 is 1.16 bits per heavy atom. The molecule has 2 saturated heterocycles. The molecule has 0 spiro atoms. The maximum atomic E-state index is 13.6. The number of alkyl carbamates (subject to hydrolysis) is 2. The van der Waals surface area contributed by atoms with E-state index in [9.17, 15) is 19.2 Å². The van der Waals surface area contributed by atoms with Crippen molar-refractivity contribution in [3.63, 3.8) is 0 Å². The van der Waals surface area contributed by atoms with E-state index in [0.717, 1.165) is 71.9 Å². The van der Waals surface area contributed by atoms with E-state index in [1.54, 1.807) is 45.1 Å². The maximum Gasteiger partial charge on any atom is 0.407 e. The van der Waals surface area contributed by atoms with Gasteiger partial charge in [-0.25, -0.2) is 24.5 Å². The van der Waals surface area contributed by atoms with Crippen molar-refractivity contribution >= 4 is 67.4 Å². The molecule has 4 amide bonds. The Hall–Kier alpha value is -4.81. The number of fused-ring (bicyclic) bond motifs is 1. The fourth-order valence-corrected chi connectivity index (χ4v) is 10.5. The number of carbonyl (C=O) groups excluding carboxylic acids is 4. The summed E-state index contributed by atoms with van der Waals surface area (Å²) in [5.41, 5.74) is 1.73. The molecule has 0 bridgehead atoms. The minimum Gasteiger partial charge on any atom is -0.453 e. The monoisotopic (exact) mass is 807 g/mol. The molecule has 292 valence electrons. The lowest BCUT2D eigenvalue weighted by Gasteiger charge is -2.30. The van der Waals surface area contributed by atoms with Crippen LogP contribution in [0.4, 0.5) is 9.59 Å². The average Bonchev–Trinajstić information content (AvgIpc) is 4.01. The quantitative estimate of drug-likeness (QED) is 0.110. The molecule has 7 heterocycles. The molecule has 4 atom stereocenters. The summed E-state index contributed by atoms with van der Waals surface area (Å²) in [5.74, 6) is 0.953. The molecule has 4 N–H and O–H groups in total. The minimum absolute atomic E-state index is 0.104. The average molecular weight is 808 g/mol. The number of aromatic nitrogens is 5. The number of methoxy groups -OCH3 is 2. The molecule has 7 rings (SSSR count). The van der Waals surface area contributed by atoms with E-state index in [0.29, 0.717) is 18.9 Å². The number of carbonyl (C=O) groups is 4. The number of thiazole rings is 1. The van der Waals surface area contributed by atoms with Gasteiger partial charge >= 0.3 is 12.2 Å². The summed E-state index contributed by atoms with van der Waals surface area (Å²) in [4.78, 5) is 78.7. The Labute approximate surface area is 330 Å². The summed E-state index contributed by atoms with van der Waals surface area (Å²) in [6.45, 7) is 8.79. The fraction of sp³-hybridized carbons (Fsp3) is 0.486. The van der Waals surface area contributed by atoms with Crippen molar-refractivity contribution < 1.29 is 28.7 Å². The van der Waals surface area contributed by atoms with Crippen LogP contribution in [0, 0.1) is 11.8 Å². The van der Waals surface area contributed by atoms with Gasteiger partial charge in [-0.3, -0.25) is 9.59 Å². The van der Waals surface area contributed by atoms with Crippen LogP contribution >= 0.6 is 34.0 Å².